The number of carbonyl (C=O) groups is 1. The standard InChI is InChI=1S/C15H23NO2S/c1-11(2)16(9-13(4)17)15(18)10-19-14-8-6-5-7-12(14)3/h5-8,11,13,17H,9-10H2,1-4H3. The van der Waals surface area contributed by atoms with E-state index in [9.17, 15) is 9.90 Å². The molecule has 1 aromatic carbocycles. The number of thioether (sulfide) groups is 1. The molecular formula is C15H23NO2S. The number of carbonyl (C=O) groups excluding carboxylic acids is 1. The lowest BCUT2D eigenvalue weighted by molar-refractivity contribution is -0.131. The van der Waals surface area contributed by atoms with Crippen molar-refractivity contribution in [3.05, 3.63) is 29.8 Å². The number of hydrogen-bond acceptors (Lipinski definition) is 3. The first-order valence-electron chi connectivity index (χ1n) is 6.57. The molecule has 1 rings (SSSR count). The molecule has 1 unspecified atom stereocenters. The van der Waals surface area contributed by atoms with Gasteiger partial charge in [0.2, 0.25) is 5.91 Å². The van der Waals surface area contributed by atoms with Gasteiger partial charge in [-0.25, -0.2) is 0 Å². The fourth-order valence-electron chi connectivity index (χ4n) is 1.83. The first kappa shape index (κ1) is 16.1. The third kappa shape index (κ3) is 5.25. The Morgan fingerprint density at radius 3 is 2.47 bits per heavy atom. The first-order valence-corrected chi connectivity index (χ1v) is 7.56. The van der Waals surface area contributed by atoms with Crippen LogP contribution in [0.1, 0.15) is 26.3 Å². The van der Waals surface area contributed by atoms with Crippen molar-refractivity contribution < 1.29 is 9.90 Å². The van der Waals surface area contributed by atoms with E-state index < -0.39 is 6.10 Å². The highest BCUT2D eigenvalue weighted by Crippen LogP contribution is 2.22. The van der Waals surface area contributed by atoms with Crippen LogP contribution in [-0.4, -0.2) is 40.4 Å². The van der Waals surface area contributed by atoms with Crippen molar-refractivity contribution in [3.8, 4) is 0 Å². The summed E-state index contributed by atoms with van der Waals surface area (Å²) in [4.78, 5) is 15.1. The van der Waals surface area contributed by atoms with Gasteiger partial charge < -0.3 is 10.0 Å². The molecule has 0 fully saturated rings. The Morgan fingerprint density at radius 2 is 1.95 bits per heavy atom. The first-order chi connectivity index (χ1) is 8.91. The second-order valence-electron chi connectivity index (χ2n) is 5.04. The van der Waals surface area contributed by atoms with Gasteiger partial charge in [0.15, 0.2) is 0 Å². The molecular weight excluding hydrogens is 258 g/mol. The van der Waals surface area contributed by atoms with E-state index in [2.05, 4.69) is 0 Å². The van der Waals surface area contributed by atoms with E-state index in [4.69, 9.17) is 0 Å². The summed E-state index contributed by atoms with van der Waals surface area (Å²) in [5.41, 5.74) is 1.19. The molecule has 19 heavy (non-hydrogen) atoms. The third-order valence-electron chi connectivity index (χ3n) is 2.85. The van der Waals surface area contributed by atoms with Crippen LogP contribution in [0.3, 0.4) is 0 Å². The summed E-state index contributed by atoms with van der Waals surface area (Å²) in [6.45, 7) is 8.09. The Balaban J connectivity index is 2.60. The predicted octanol–water partition coefficient (Wildman–Crippen LogP) is 2.70. The zero-order valence-electron chi connectivity index (χ0n) is 12.1. The van der Waals surface area contributed by atoms with Gasteiger partial charge in [-0.2, -0.15) is 0 Å². The van der Waals surface area contributed by atoms with Crippen molar-refractivity contribution >= 4 is 17.7 Å². The molecule has 0 aromatic heterocycles. The fourth-order valence-corrected chi connectivity index (χ4v) is 2.74. The van der Waals surface area contributed by atoms with E-state index in [0.29, 0.717) is 12.3 Å². The smallest absolute Gasteiger partial charge is 0.233 e. The molecule has 0 spiro atoms. The maximum Gasteiger partial charge on any atom is 0.233 e. The molecule has 3 nitrogen and oxygen atoms in total. The highest BCUT2D eigenvalue weighted by molar-refractivity contribution is 8.00. The number of nitrogens with zero attached hydrogens (tertiary/aromatic N) is 1. The van der Waals surface area contributed by atoms with E-state index in [1.165, 1.54) is 5.56 Å². The third-order valence-corrected chi connectivity index (χ3v) is 4.01. The van der Waals surface area contributed by atoms with Crippen LogP contribution in [0.2, 0.25) is 0 Å². The molecule has 1 atom stereocenters. The number of aliphatic hydroxyl groups excluding tert-OH is 1. The summed E-state index contributed by atoms with van der Waals surface area (Å²) < 4.78 is 0. The molecule has 106 valence electrons. The van der Waals surface area contributed by atoms with E-state index in [0.717, 1.165) is 4.90 Å². The summed E-state index contributed by atoms with van der Waals surface area (Å²) in [6, 6.07) is 8.16. The Kier molecular flexibility index (Phi) is 6.38. The monoisotopic (exact) mass is 281 g/mol. The van der Waals surface area contributed by atoms with Crippen molar-refractivity contribution in [2.45, 2.75) is 44.7 Å². The lowest BCUT2D eigenvalue weighted by atomic mass is 10.2. The van der Waals surface area contributed by atoms with Crippen molar-refractivity contribution in [2.75, 3.05) is 12.3 Å². The van der Waals surface area contributed by atoms with Crippen LogP contribution in [0.25, 0.3) is 0 Å². The van der Waals surface area contributed by atoms with Gasteiger partial charge in [0, 0.05) is 17.5 Å². The van der Waals surface area contributed by atoms with Crippen LogP contribution in [0, 0.1) is 6.92 Å². The Labute approximate surface area is 120 Å². The minimum Gasteiger partial charge on any atom is -0.392 e. The maximum absolute atomic E-state index is 12.2. The highest BCUT2D eigenvalue weighted by atomic mass is 32.2. The van der Waals surface area contributed by atoms with Crippen molar-refractivity contribution in [2.24, 2.45) is 0 Å². The molecule has 0 saturated carbocycles. The Hall–Kier alpha value is -1.00. The summed E-state index contributed by atoms with van der Waals surface area (Å²) in [6.07, 6.45) is -0.491. The van der Waals surface area contributed by atoms with Gasteiger partial charge in [-0.05, 0) is 39.3 Å². The van der Waals surface area contributed by atoms with E-state index >= 15 is 0 Å². The minimum absolute atomic E-state index is 0.0733. The van der Waals surface area contributed by atoms with Crippen molar-refractivity contribution in [1.82, 2.24) is 4.90 Å². The molecule has 1 amide bonds. The summed E-state index contributed by atoms with van der Waals surface area (Å²) in [7, 11) is 0. The van der Waals surface area contributed by atoms with Crippen molar-refractivity contribution in [1.29, 1.82) is 0 Å². The maximum atomic E-state index is 12.2. The lowest BCUT2D eigenvalue weighted by Crippen LogP contribution is -2.42. The quantitative estimate of drug-likeness (QED) is 0.815. The van der Waals surface area contributed by atoms with Gasteiger partial charge >= 0.3 is 0 Å². The van der Waals surface area contributed by atoms with Gasteiger partial charge in [0.1, 0.15) is 0 Å². The van der Waals surface area contributed by atoms with Gasteiger partial charge in [0.05, 0.1) is 11.9 Å². The molecule has 4 heteroatoms. The van der Waals surface area contributed by atoms with Crippen LogP contribution in [0.4, 0.5) is 0 Å². The summed E-state index contributed by atoms with van der Waals surface area (Å²) in [5.74, 6) is 0.486. The Morgan fingerprint density at radius 1 is 1.32 bits per heavy atom. The van der Waals surface area contributed by atoms with E-state index in [1.807, 2.05) is 45.0 Å². The number of hydrogen-bond donors (Lipinski definition) is 1. The number of amides is 1. The average Bonchev–Trinajstić information content (AvgIpc) is 2.34. The SMILES string of the molecule is Cc1ccccc1SCC(=O)N(CC(C)O)C(C)C. The van der Waals surface area contributed by atoms with Crippen LogP contribution in [0.5, 0.6) is 0 Å². The second-order valence-corrected chi connectivity index (χ2v) is 6.06. The topological polar surface area (TPSA) is 40.5 Å². The summed E-state index contributed by atoms with van der Waals surface area (Å²) >= 11 is 1.56. The zero-order chi connectivity index (χ0) is 14.4. The molecule has 0 bridgehead atoms. The Bertz CT molecular complexity index is 418. The van der Waals surface area contributed by atoms with Gasteiger partial charge in [-0.15, -0.1) is 11.8 Å². The largest absolute Gasteiger partial charge is 0.392 e. The highest BCUT2D eigenvalue weighted by Gasteiger charge is 2.18. The van der Waals surface area contributed by atoms with Crippen molar-refractivity contribution in [3.63, 3.8) is 0 Å². The van der Waals surface area contributed by atoms with Gasteiger partial charge in [-0.3, -0.25) is 4.79 Å². The molecule has 0 radical (unpaired) electrons. The van der Waals surface area contributed by atoms with Crippen LogP contribution in [0.15, 0.2) is 29.2 Å². The molecule has 0 heterocycles. The number of benzene rings is 1. The molecule has 1 aromatic rings. The van der Waals surface area contributed by atoms with E-state index in [-0.39, 0.29) is 11.9 Å². The number of rotatable bonds is 6. The predicted molar refractivity (Wildman–Crippen MR) is 80.4 cm³/mol. The molecule has 0 aliphatic heterocycles. The normalized spacial score (nSPS) is 12.5. The average molecular weight is 281 g/mol. The molecule has 0 aliphatic rings. The van der Waals surface area contributed by atoms with Crippen LogP contribution >= 0.6 is 11.8 Å². The zero-order valence-corrected chi connectivity index (χ0v) is 12.9. The number of aliphatic hydroxyl groups is 1. The van der Waals surface area contributed by atoms with E-state index in [1.54, 1.807) is 23.6 Å². The van der Waals surface area contributed by atoms with Gasteiger partial charge in [-0.1, -0.05) is 18.2 Å². The molecule has 1 N–H and O–H groups in total. The number of aryl methyl sites for hydroxylation is 1. The van der Waals surface area contributed by atoms with Crippen LogP contribution in [-0.2, 0) is 4.79 Å². The minimum atomic E-state index is -0.491. The fraction of sp³-hybridized carbons (Fsp3) is 0.533. The second kappa shape index (κ2) is 7.56. The van der Waals surface area contributed by atoms with Gasteiger partial charge in [0.25, 0.3) is 0 Å². The lowest BCUT2D eigenvalue weighted by Gasteiger charge is -2.28. The molecule has 0 saturated heterocycles. The summed E-state index contributed by atoms with van der Waals surface area (Å²) in [5, 5.41) is 9.45. The van der Waals surface area contributed by atoms with Crippen LogP contribution < -0.4 is 0 Å². The molecule has 0 aliphatic carbocycles.